The third-order valence-electron chi connectivity index (χ3n) is 9.39. The number of likely N-dealkylation sites (tertiary alicyclic amines) is 1. The second-order valence-corrected chi connectivity index (χ2v) is 14.8. The molecule has 17 heteroatoms. The number of halogens is 3. The number of imide groups is 1. The van der Waals surface area contributed by atoms with Crippen molar-refractivity contribution >= 4 is 64.6 Å². The van der Waals surface area contributed by atoms with Gasteiger partial charge in [-0.15, -0.1) is 0 Å². The first-order chi connectivity index (χ1) is 22.7. The van der Waals surface area contributed by atoms with Crippen molar-refractivity contribution in [1.29, 1.82) is 0 Å². The number of benzene rings is 2. The standard InChI is InChI=1S/C31H30Cl3N7O7/c1-15-35-25-21(12-40-23(42)9-10-24(40)43)36-27(38-28(45)48-14-29(32,33)34)41-13-22(31(46,47)30(25,41)39-15)37-26(44)19-8-4-7-18-17-6-3-2-5-16(17)11-20(18)19/h2-8,21-22,25,35,39,46-47H,1,9-14H2,(H,37,44)(H,36,38,45)/t21-,22?,25?,30?/m0/s1. The average Bonchev–Trinajstić information content (AvgIpc) is 3.74. The third kappa shape index (κ3) is 5.22. The van der Waals surface area contributed by atoms with Gasteiger partial charge in [0.2, 0.25) is 27.4 Å². The van der Waals surface area contributed by atoms with Crippen molar-refractivity contribution in [3.63, 3.8) is 0 Å². The quantitative estimate of drug-likeness (QED) is 0.127. The predicted molar refractivity (Wildman–Crippen MR) is 174 cm³/mol. The topological polar surface area (TPSA) is 185 Å². The fourth-order valence-electron chi connectivity index (χ4n) is 7.33. The molecule has 48 heavy (non-hydrogen) atoms. The average molecular weight is 719 g/mol. The molecule has 252 valence electrons. The molecule has 3 unspecified atom stereocenters. The highest BCUT2D eigenvalue weighted by Crippen LogP contribution is 2.45. The Hall–Kier alpha value is -4.08. The zero-order chi connectivity index (χ0) is 34.2. The first-order valence-corrected chi connectivity index (χ1v) is 16.2. The van der Waals surface area contributed by atoms with Crippen LogP contribution in [0.1, 0.15) is 34.3 Å². The number of guanidine groups is 1. The van der Waals surface area contributed by atoms with Crippen molar-refractivity contribution in [2.75, 3.05) is 19.7 Å². The number of hydrogen-bond acceptors (Lipinski definition) is 11. The van der Waals surface area contributed by atoms with Gasteiger partial charge >= 0.3 is 6.09 Å². The Labute approximate surface area is 289 Å². The van der Waals surface area contributed by atoms with E-state index in [9.17, 15) is 29.4 Å². The van der Waals surface area contributed by atoms with Crippen LogP contribution in [0.25, 0.3) is 11.1 Å². The SMILES string of the molecule is C=C1NC2[C@H](CN3C(=O)CCC3=O)N=C(NC(=O)OCC(Cl)(Cl)Cl)N3CC(NC(=O)c4cccc5c4Cc4ccccc4-5)C(O)(O)C23N1. The number of hydrogen-bond donors (Lipinski definition) is 6. The first-order valence-electron chi connectivity index (χ1n) is 15.1. The zero-order valence-electron chi connectivity index (χ0n) is 25.1. The summed E-state index contributed by atoms with van der Waals surface area (Å²) in [6.45, 7) is 2.78. The Morgan fingerprint density at radius 3 is 2.52 bits per heavy atom. The summed E-state index contributed by atoms with van der Waals surface area (Å²) >= 11 is 17.2. The summed E-state index contributed by atoms with van der Waals surface area (Å²) in [6.07, 6.45) is -0.509. The van der Waals surface area contributed by atoms with Gasteiger partial charge < -0.3 is 35.8 Å². The number of fused-ring (bicyclic) bond motifs is 3. The molecule has 7 rings (SSSR count). The van der Waals surface area contributed by atoms with Gasteiger partial charge in [0, 0.05) is 24.9 Å². The van der Waals surface area contributed by atoms with Crippen molar-refractivity contribution in [2.24, 2.45) is 4.99 Å². The molecule has 0 bridgehead atoms. The van der Waals surface area contributed by atoms with Gasteiger partial charge in [-0.3, -0.25) is 24.6 Å². The molecule has 3 fully saturated rings. The smallest absolute Gasteiger partial charge is 0.414 e. The van der Waals surface area contributed by atoms with Crippen molar-refractivity contribution in [3.05, 3.63) is 71.6 Å². The van der Waals surface area contributed by atoms with E-state index in [-0.39, 0.29) is 37.7 Å². The van der Waals surface area contributed by atoms with Gasteiger partial charge in [-0.25, -0.2) is 9.79 Å². The zero-order valence-corrected chi connectivity index (χ0v) is 27.4. The van der Waals surface area contributed by atoms with Crippen molar-refractivity contribution in [1.82, 2.24) is 31.1 Å². The fourth-order valence-corrected chi connectivity index (χ4v) is 7.49. The number of aliphatic imine (C=N–C) groups is 1. The molecule has 3 saturated heterocycles. The summed E-state index contributed by atoms with van der Waals surface area (Å²) in [5, 5.41) is 35.4. The van der Waals surface area contributed by atoms with E-state index in [0.717, 1.165) is 27.2 Å². The second-order valence-electron chi connectivity index (χ2n) is 12.3. The summed E-state index contributed by atoms with van der Waals surface area (Å²) in [7, 11) is 0. The first kappa shape index (κ1) is 32.5. The van der Waals surface area contributed by atoms with Crippen LogP contribution in [0, 0.1) is 0 Å². The summed E-state index contributed by atoms with van der Waals surface area (Å²) in [4.78, 5) is 59.0. The van der Waals surface area contributed by atoms with E-state index in [4.69, 9.17) is 39.5 Å². The predicted octanol–water partition coefficient (Wildman–Crippen LogP) is 1.07. The Balaban J connectivity index is 1.23. The van der Waals surface area contributed by atoms with Crippen LogP contribution in [0.15, 0.2) is 59.9 Å². The number of alkyl carbamates (subject to hydrolysis) is 1. The monoisotopic (exact) mass is 717 g/mol. The van der Waals surface area contributed by atoms with Crippen molar-refractivity contribution in [2.45, 2.75) is 52.6 Å². The Morgan fingerprint density at radius 1 is 1.08 bits per heavy atom. The molecule has 5 aliphatic rings. The number of carbonyl (C=O) groups excluding carboxylic acids is 4. The van der Waals surface area contributed by atoms with E-state index in [2.05, 4.69) is 32.8 Å². The number of nitrogens with zero attached hydrogens (tertiary/aromatic N) is 3. The van der Waals surface area contributed by atoms with E-state index in [1.807, 2.05) is 30.3 Å². The van der Waals surface area contributed by atoms with E-state index >= 15 is 0 Å². The molecule has 0 radical (unpaired) electrons. The van der Waals surface area contributed by atoms with Crippen LogP contribution >= 0.6 is 34.8 Å². The number of aliphatic hydroxyl groups is 2. The second kappa shape index (κ2) is 11.5. The molecule has 6 N–H and O–H groups in total. The van der Waals surface area contributed by atoms with Gasteiger partial charge in [0.05, 0.1) is 24.4 Å². The van der Waals surface area contributed by atoms with E-state index < -0.39 is 63.8 Å². The molecular formula is C31H30Cl3N7O7. The lowest BCUT2D eigenvalue weighted by Gasteiger charge is -2.49. The number of ether oxygens (including phenoxy) is 1. The van der Waals surface area contributed by atoms with Gasteiger partial charge in [-0.2, -0.15) is 0 Å². The Morgan fingerprint density at radius 2 is 1.79 bits per heavy atom. The number of nitrogens with one attached hydrogen (secondary N) is 4. The van der Waals surface area contributed by atoms with E-state index in [1.54, 1.807) is 12.1 Å². The molecule has 2 aromatic carbocycles. The van der Waals surface area contributed by atoms with Crippen LogP contribution in [-0.2, 0) is 20.7 Å². The Bertz CT molecular complexity index is 1780. The number of carbonyl (C=O) groups is 4. The number of rotatable bonds is 5. The van der Waals surface area contributed by atoms with E-state index in [1.165, 1.54) is 4.90 Å². The summed E-state index contributed by atoms with van der Waals surface area (Å²) in [5.74, 6) is -4.19. The highest BCUT2D eigenvalue weighted by atomic mass is 35.6. The minimum Gasteiger partial charge on any atom is -0.445 e. The summed E-state index contributed by atoms with van der Waals surface area (Å²) in [6, 6.07) is 9.78. The summed E-state index contributed by atoms with van der Waals surface area (Å²) in [5.41, 5.74) is 2.26. The molecule has 0 saturated carbocycles. The maximum atomic E-state index is 13.9. The lowest BCUT2D eigenvalue weighted by molar-refractivity contribution is -0.231. The summed E-state index contributed by atoms with van der Waals surface area (Å²) < 4.78 is 3.12. The lowest BCUT2D eigenvalue weighted by Crippen LogP contribution is -2.78. The van der Waals surface area contributed by atoms with Crippen LogP contribution in [0.5, 0.6) is 0 Å². The maximum absolute atomic E-state index is 13.9. The molecule has 4 aliphatic heterocycles. The minimum atomic E-state index is -2.76. The molecule has 4 heterocycles. The van der Waals surface area contributed by atoms with Crippen molar-refractivity contribution in [3.8, 4) is 11.1 Å². The fraction of sp³-hybridized carbons (Fsp3) is 0.387. The number of amides is 4. The van der Waals surface area contributed by atoms with Crippen LogP contribution in [0.4, 0.5) is 4.79 Å². The molecule has 1 spiro atoms. The van der Waals surface area contributed by atoms with E-state index in [0.29, 0.717) is 12.0 Å². The molecule has 4 amide bonds. The van der Waals surface area contributed by atoms with Gasteiger partial charge in [0.15, 0.2) is 5.66 Å². The molecular weight excluding hydrogens is 689 g/mol. The largest absolute Gasteiger partial charge is 0.445 e. The molecule has 14 nitrogen and oxygen atoms in total. The molecule has 0 aromatic heterocycles. The van der Waals surface area contributed by atoms with Crippen molar-refractivity contribution < 1.29 is 34.1 Å². The van der Waals surface area contributed by atoms with Crippen LogP contribution in [-0.4, -0.2) is 103 Å². The highest BCUT2D eigenvalue weighted by Gasteiger charge is 2.74. The minimum absolute atomic E-state index is 0.0242. The number of alkyl halides is 3. The highest BCUT2D eigenvalue weighted by molar-refractivity contribution is 6.67. The maximum Gasteiger partial charge on any atom is 0.414 e. The molecule has 2 aromatic rings. The van der Waals surface area contributed by atoms with Gasteiger partial charge in [-0.05, 0) is 34.7 Å². The normalized spacial score (nSPS) is 26.6. The van der Waals surface area contributed by atoms with Crippen LogP contribution in [0.3, 0.4) is 0 Å². The lowest BCUT2D eigenvalue weighted by atomic mass is 9.85. The third-order valence-corrected chi connectivity index (χ3v) is 9.72. The molecule has 1 aliphatic carbocycles. The van der Waals surface area contributed by atoms with Gasteiger partial charge in [-0.1, -0.05) is 77.8 Å². The van der Waals surface area contributed by atoms with Crippen LogP contribution in [0.2, 0.25) is 0 Å². The molecule has 4 atom stereocenters. The van der Waals surface area contributed by atoms with Gasteiger partial charge in [0.1, 0.15) is 12.6 Å². The van der Waals surface area contributed by atoms with Crippen LogP contribution < -0.4 is 21.3 Å². The van der Waals surface area contributed by atoms with Gasteiger partial charge in [0.25, 0.3) is 5.91 Å². The Kier molecular flexibility index (Phi) is 7.79.